The third-order valence-electron chi connectivity index (χ3n) is 2.99. The first-order valence-electron chi connectivity index (χ1n) is 6.16. The Morgan fingerprint density at radius 1 is 1.00 bits per heavy atom. The molecule has 3 rings (SSSR count). The maximum atomic E-state index is 12.0. The van der Waals surface area contributed by atoms with Crippen LogP contribution in [0.4, 0.5) is 5.69 Å². The molecule has 0 fully saturated rings. The van der Waals surface area contributed by atoms with Crippen LogP contribution in [0.25, 0.3) is 10.8 Å². The lowest BCUT2D eigenvalue weighted by Crippen LogP contribution is -2.11. The number of anilines is 1. The van der Waals surface area contributed by atoms with Gasteiger partial charge in [-0.25, -0.2) is 0 Å². The first kappa shape index (κ1) is 12.2. The second kappa shape index (κ2) is 5.01. The Bertz CT molecular complexity index is 784. The number of amides is 1. The van der Waals surface area contributed by atoms with Crippen LogP contribution in [0.1, 0.15) is 10.4 Å². The Kier molecular flexibility index (Phi) is 3.05. The SMILES string of the molecule is O=C(Nc1ccc2ccccc2c1)c1cncc(O)c1. The molecule has 1 heterocycles. The molecule has 20 heavy (non-hydrogen) atoms. The standard InChI is InChI=1S/C16H12N2O2/c19-15-8-13(9-17-10-15)16(20)18-14-6-5-11-3-1-2-4-12(11)7-14/h1-10,19H,(H,18,20). The van der Waals surface area contributed by atoms with Gasteiger partial charge in [-0.2, -0.15) is 0 Å². The van der Waals surface area contributed by atoms with Gasteiger partial charge in [0.25, 0.3) is 5.91 Å². The van der Waals surface area contributed by atoms with Crippen LogP contribution in [0, 0.1) is 0 Å². The van der Waals surface area contributed by atoms with Crippen molar-refractivity contribution in [3.8, 4) is 5.75 Å². The quantitative estimate of drug-likeness (QED) is 0.747. The van der Waals surface area contributed by atoms with E-state index in [1.54, 1.807) is 0 Å². The summed E-state index contributed by atoms with van der Waals surface area (Å²) in [7, 11) is 0. The molecule has 3 aromatic rings. The van der Waals surface area contributed by atoms with E-state index >= 15 is 0 Å². The molecule has 4 heteroatoms. The molecule has 0 spiro atoms. The number of nitrogens with one attached hydrogen (secondary N) is 1. The minimum Gasteiger partial charge on any atom is -0.506 e. The molecule has 0 saturated carbocycles. The highest BCUT2D eigenvalue weighted by atomic mass is 16.3. The lowest BCUT2D eigenvalue weighted by atomic mass is 10.1. The topological polar surface area (TPSA) is 62.2 Å². The number of aromatic hydroxyl groups is 1. The zero-order valence-electron chi connectivity index (χ0n) is 10.6. The summed E-state index contributed by atoms with van der Waals surface area (Å²) in [5.41, 5.74) is 1.02. The summed E-state index contributed by atoms with van der Waals surface area (Å²) in [5, 5.41) is 14.3. The summed E-state index contributed by atoms with van der Waals surface area (Å²) in [6.07, 6.45) is 2.70. The van der Waals surface area contributed by atoms with E-state index in [2.05, 4.69) is 10.3 Å². The number of carbonyl (C=O) groups excluding carboxylic acids is 1. The second-order valence-electron chi connectivity index (χ2n) is 4.45. The summed E-state index contributed by atoms with van der Waals surface area (Å²) in [4.78, 5) is 15.8. The Morgan fingerprint density at radius 2 is 1.80 bits per heavy atom. The van der Waals surface area contributed by atoms with Gasteiger partial charge in [0.2, 0.25) is 0 Å². The lowest BCUT2D eigenvalue weighted by Gasteiger charge is -2.06. The number of carbonyl (C=O) groups is 1. The number of rotatable bonds is 2. The summed E-state index contributed by atoms with van der Waals surface area (Å²) >= 11 is 0. The number of aromatic nitrogens is 1. The van der Waals surface area contributed by atoms with Crippen LogP contribution < -0.4 is 5.32 Å². The molecule has 2 aromatic carbocycles. The van der Waals surface area contributed by atoms with Crippen molar-refractivity contribution < 1.29 is 9.90 Å². The van der Waals surface area contributed by atoms with Crippen LogP contribution in [0.15, 0.2) is 60.9 Å². The van der Waals surface area contributed by atoms with E-state index < -0.39 is 0 Å². The Hall–Kier alpha value is -2.88. The zero-order valence-corrected chi connectivity index (χ0v) is 10.6. The van der Waals surface area contributed by atoms with Crippen molar-refractivity contribution in [1.29, 1.82) is 0 Å². The van der Waals surface area contributed by atoms with E-state index in [1.807, 2.05) is 42.5 Å². The molecule has 1 aromatic heterocycles. The van der Waals surface area contributed by atoms with Gasteiger partial charge in [0.05, 0.1) is 11.8 Å². The van der Waals surface area contributed by atoms with E-state index in [4.69, 9.17) is 0 Å². The maximum absolute atomic E-state index is 12.0. The third kappa shape index (κ3) is 2.44. The predicted octanol–water partition coefficient (Wildman–Crippen LogP) is 3.19. The van der Waals surface area contributed by atoms with Gasteiger partial charge < -0.3 is 10.4 Å². The Balaban J connectivity index is 1.87. The van der Waals surface area contributed by atoms with Crippen LogP contribution in [-0.4, -0.2) is 16.0 Å². The van der Waals surface area contributed by atoms with Crippen molar-refractivity contribution in [2.45, 2.75) is 0 Å². The number of benzene rings is 2. The average molecular weight is 264 g/mol. The largest absolute Gasteiger partial charge is 0.506 e. The molecule has 4 nitrogen and oxygen atoms in total. The van der Waals surface area contributed by atoms with Gasteiger partial charge in [-0.1, -0.05) is 30.3 Å². The molecule has 0 aliphatic carbocycles. The Morgan fingerprint density at radius 3 is 2.60 bits per heavy atom. The first-order valence-corrected chi connectivity index (χ1v) is 6.16. The van der Waals surface area contributed by atoms with Gasteiger partial charge in [0, 0.05) is 11.9 Å². The number of pyridine rings is 1. The zero-order chi connectivity index (χ0) is 13.9. The molecule has 2 N–H and O–H groups in total. The molecular weight excluding hydrogens is 252 g/mol. The molecule has 0 aliphatic heterocycles. The van der Waals surface area contributed by atoms with Crippen molar-refractivity contribution >= 4 is 22.4 Å². The van der Waals surface area contributed by atoms with E-state index in [9.17, 15) is 9.90 Å². The number of fused-ring (bicyclic) bond motifs is 1. The minimum atomic E-state index is -0.302. The number of hydrogen-bond acceptors (Lipinski definition) is 3. The summed E-state index contributed by atoms with van der Waals surface area (Å²) in [6, 6.07) is 15.0. The third-order valence-corrected chi connectivity index (χ3v) is 2.99. The number of nitrogens with zero attached hydrogens (tertiary/aromatic N) is 1. The fourth-order valence-corrected chi connectivity index (χ4v) is 2.02. The number of hydrogen-bond donors (Lipinski definition) is 2. The minimum absolute atomic E-state index is 0.0313. The van der Waals surface area contributed by atoms with Crippen LogP contribution in [0.3, 0.4) is 0 Å². The molecule has 98 valence electrons. The van der Waals surface area contributed by atoms with Gasteiger partial charge in [0.15, 0.2) is 0 Å². The fourth-order valence-electron chi connectivity index (χ4n) is 2.02. The van der Waals surface area contributed by atoms with E-state index in [0.29, 0.717) is 11.3 Å². The average Bonchev–Trinajstić information content (AvgIpc) is 2.47. The van der Waals surface area contributed by atoms with Gasteiger partial charge in [-0.3, -0.25) is 9.78 Å². The molecule has 0 saturated heterocycles. The van der Waals surface area contributed by atoms with Crippen LogP contribution >= 0.6 is 0 Å². The highest BCUT2D eigenvalue weighted by molar-refractivity contribution is 6.05. The molecule has 0 aliphatic rings. The monoisotopic (exact) mass is 264 g/mol. The van der Waals surface area contributed by atoms with Gasteiger partial charge in [-0.05, 0) is 29.0 Å². The van der Waals surface area contributed by atoms with E-state index in [-0.39, 0.29) is 11.7 Å². The Labute approximate surface area is 115 Å². The summed E-state index contributed by atoms with van der Waals surface area (Å²) < 4.78 is 0. The van der Waals surface area contributed by atoms with Gasteiger partial charge in [-0.15, -0.1) is 0 Å². The lowest BCUT2D eigenvalue weighted by molar-refractivity contribution is 0.102. The van der Waals surface area contributed by atoms with Crippen molar-refractivity contribution in [2.24, 2.45) is 0 Å². The van der Waals surface area contributed by atoms with Crippen molar-refractivity contribution in [2.75, 3.05) is 5.32 Å². The van der Waals surface area contributed by atoms with Crippen molar-refractivity contribution in [3.63, 3.8) is 0 Å². The summed E-state index contributed by atoms with van der Waals surface area (Å²) in [5.74, 6) is -0.333. The summed E-state index contributed by atoms with van der Waals surface area (Å²) in [6.45, 7) is 0. The van der Waals surface area contributed by atoms with Crippen molar-refractivity contribution in [3.05, 3.63) is 66.5 Å². The maximum Gasteiger partial charge on any atom is 0.257 e. The van der Waals surface area contributed by atoms with E-state index in [0.717, 1.165) is 10.8 Å². The van der Waals surface area contributed by atoms with Crippen LogP contribution in [0.5, 0.6) is 5.75 Å². The van der Waals surface area contributed by atoms with Crippen molar-refractivity contribution in [1.82, 2.24) is 4.98 Å². The molecular formula is C16H12N2O2. The highest BCUT2D eigenvalue weighted by Gasteiger charge is 2.07. The smallest absolute Gasteiger partial charge is 0.257 e. The molecule has 0 atom stereocenters. The second-order valence-corrected chi connectivity index (χ2v) is 4.45. The normalized spacial score (nSPS) is 10.4. The van der Waals surface area contributed by atoms with Crippen LogP contribution in [0.2, 0.25) is 0 Å². The van der Waals surface area contributed by atoms with Crippen LogP contribution in [-0.2, 0) is 0 Å². The van der Waals surface area contributed by atoms with Gasteiger partial charge >= 0.3 is 0 Å². The molecule has 0 unspecified atom stereocenters. The molecule has 0 bridgehead atoms. The van der Waals surface area contributed by atoms with Gasteiger partial charge in [0.1, 0.15) is 5.75 Å². The van der Waals surface area contributed by atoms with E-state index in [1.165, 1.54) is 18.5 Å². The molecule has 0 radical (unpaired) electrons. The molecule has 1 amide bonds. The fraction of sp³-hybridized carbons (Fsp3) is 0. The first-order chi connectivity index (χ1) is 9.72. The predicted molar refractivity (Wildman–Crippen MR) is 77.8 cm³/mol. The highest BCUT2D eigenvalue weighted by Crippen LogP contribution is 2.19.